The maximum absolute atomic E-state index is 10.8. The summed E-state index contributed by atoms with van der Waals surface area (Å²) in [5, 5.41) is 3.15. The minimum absolute atomic E-state index is 0.0580. The van der Waals surface area contributed by atoms with E-state index in [1.54, 1.807) is 13.0 Å². The smallest absolute Gasteiger partial charge is 0.154 e. The minimum atomic E-state index is 0.0580. The Labute approximate surface area is 84.6 Å². The molecule has 2 nitrogen and oxygen atoms in total. The van der Waals surface area contributed by atoms with Gasteiger partial charge in [-0.05, 0) is 44.5 Å². The van der Waals surface area contributed by atoms with Gasteiger partial charge in [0.05, 0.1) is 0 Å². The summed E-state index contributed by atoms with van der Waals surface area (Å²) < 4.78 is 0. The van der Waals surface area contributed by atoms with E-state index in [0.717, 1.165) is 11.4 Å². The molecule has 0 radical (unpaired) electrons. The highest BCUT2D eigenvalue weighted by molar-refractivity contribution is 5.88. The summed E-state index contributed by atoms with van der Waals surface area (Å²) in [5.41, 5.74) is 3.08. The van der Waals surface area contributed by atoms with Crippen LogP contribution in [0.1, 0.15) is 19.4 Å². The van der Waals surface area contributed by atoms with E-state index in [4.69, 9.17) is 0 Å². The summed E-state index contributed by atoms with van der Waals surface area (Å²) in [6.07, 6.45) is 1.59. The van der Waals surface area contributed by atoms with E-state index < -0.39 is 0 Å². The molecule has 1 aromatic rings. The molecule has 0 atom stereocenters. The van der Waals surface area contributed by atoms with Crippen molar-refractivity contribution in [2.24, 2.45) is 0 Å². The molecule has 1 rings (SSSR count). The molecule has 0 aliphatic carbocycles. The van der Waals surface area contributed by atoms with E-state index in [9.17, 15) is 4.79 Å². The zero-order chi connectivity index (χ0) is 10.6. The predicted octanol–water partition coefficient (Wildman–Crippen LogP) is 2.90. The van der Waals surface area contributed by atoms with E-state index in [0.29, 0.717) is 0 Å². The van der Waals surface area contributed by atoms with E-state index >= 15 is 0 Å². The van der Waals surface area contributed by atoms with Gasteiger partial charge in [-0.2, -0.15) is 0 Å². The molecule has 0 unspecified atom stereocenters. The number of rotatable bonds is 3. The second-order valence-electron chi connectivity index (χ2n) is 3.43. The van der Waals surface area contributed by atoms with Gasteiger partial charge < -0.3 is 5.32 Å². The van der Waals surface area contributed by atoms with Gasteiger partial charge >= 0.3 is 0 Å². The first-order valence-corrected chi connectivity index (χ1v) is 4.60. The maximum Gasteiger partial charge on any atom is 0.154 e. The Hall–Kier alpha value is -1.57. The number of anilines is 1. The van der Waals surface area contributed by atoms with Gasteiger partial charge in [-0.1, -0.05) is 12.1 Å². The number of nitrogens with one attached hydrogen (secondary N) is 1. The van der Waals surface area contributed by atoms with Crippen molar-refractivity contribution in [3.8, 4) is 0 Å². The van der Waals surface area contributed by atoms with Gasteiger partial charge in [0.15, 0.2) is 5.78 Å². The van der Waals surface area contributed by atoms with Crippen LogP contribution in [0, 0.1) is 6.92 Å². The van der Waals surface area contributed by atoms with Crippen LogP contribution in [-0.2, 0) is 4.79 Å². The average Bonchev–Trinajstić information content (AvgIpc) is 2.01. The third-order valence-electron chi connectivity index (χ3n) is 1.78. The third-order valence-corrected chi connectivity index (χ3v) is 1.78. The fourth-order valence-corrected chi connectivity index (χ4v) is 1.29. The minimum Gasteiger partial charge on any atom is -0.359 e. The Kier molecular flexibility index (Phi) is 3.46. The summed E-state index contributed by atoms with van der Waals surface area (Å²) >= 11 is 0. The summed E-state index contributed by atoms with van der Waals surface area (Å²) in [7, 11) is 0. The number of ketones is 1. The number of hydrogen-bond donors (Lipinski definition) is 1. The van der Waals surface area contributed by atoms with Crippen molar-refractivity contribution in [1.29, 1.82) is 0 Å². The van der Waals surface area contributed by atoms with Crippen LogP contribution in [0.2, 0.25) is 0 Å². The fraction of sp³-hybridized carbons (Fsp3) is 0.250. The van der Waals surface area contributed by atoms with Crippen molar-refractivity contribution < 1.29 is 4.79 Å². The molecule has 0 amide bonds. The van der Waals surface area contributed by atoms with E-state index in [-0.39, 0.29) is 5.78 Å². The number of allylic oxidation sites excluding steroid dienone is 2. The first kappa shape index (κ1) is 10.5. The second-order valence-corrected chi connectivity index (χ2v) is 3.43. The quantitative estimate of drug-likeness (QED) is 0.741. The summed E-state index contributed by atoms with van der Waals surface area (Å²) in [6.45, 7) is 5.46. The molecule has 0 saturated heterocycles. The highest BCUT2D eigenvalue weighted by Crippen LogP contribution is 2.11. The lowest BCUT2D eigenvalue weighted by Crippen LogP contribution is -1.98. The maximum atomic E-state index is 10.8. The Morgan fingerprint density at radius 2 is 2.07 bits per heavy atom. The number of carbonyl (C=O) groups is 1. The van der Waals surface area contributed by atoms with Gasteiger partial charge in [0, 0.05) is 11.4 Å². The fourth-order valence-electron chi connectivity index (χ4n) is 1.29. The van der Waals surface area contributed by atoms with Crippen LogP contribution in [0.15, 0.2) is 36.0 Å². The second kappa shape index (κ2) is 4.61. The van der Waals surface area contributed by atoms with Crippen molar-refractivity contribution in [3.63, 3.8) is 0 Å². The van der Waals surface area contributed by atoms with E-state index in [1.165, 1.54) is 5.56 Å². The van der Waals surface area contributed by atoms with Gasteiger partial charge in [0.2, 0.25) is 0 Å². The number of carbonyl (C=O) groups excluding carboxylic acids is 1. The molecule has 0 aromatic heterocycles. The highest BCUT2D eigenvalue weighted by atomic mass is 16.1. The molecule has 2 heteroatoms. The van der Waals surface area contributed by atoms with Crippen LogP contribution in [0.25, 0.3) is 0 Å². The summed E-state index contributed by atoms with van der Waals surface area (Å²) in [4.78, 5) is 10.8. The molecule has 0 heterocycles. The molecule has 1 N–H and O–H groups in total. The first-order chi connectivity index (χ1) is 6.58. The number of aryl methyl sites for hydroxylation is 1. The third kappa shape index (κ3) is 3.44. The Bertz CT molecular complexity index is 366. The predicted molar refractivity (Wildman–Crippen MR) is 59.2 cm³/mol. The number of hydrogen-bond acceptors (Lipinski definition) is 2. The van der Waals surface area contributed by atoms with Crippen molar-refractivity contribution in [2.45, 2.75) is 20.8 Å². The van der Waals surface area contributed by atoms with Crippen molar-refractivity contribution >= 4 is 11.5 Å². The zero-order valence-corrected chi connectivity index (χ0v) is 8.79. The van der Waals surface area contributed by atoms with Gasteiger partial charge in [0.25, 0.3) is 0 Å². The van der Waals surface area contributed by atoms with Crippen LogP contribution >= 0.6 is 0 Å². The van der Waals surface area contributed by atoms with Gasteiger partial charge in [0.1, 0.15) is 0 Å². The monoisotopic (exact) mass is 189 g/mol. The van der Waals surface area contributed by atoms with Crippen molar-refractivity contribution in [3.05, 3.63) is 41.6 Å². The van der Waals surface area contributed by atoms with Gasteiger partial charge in [-0.25, -0.2) is 0 Å². The topological polar surface area (TPSA) is 29.1 Å². The Balaban J connectivity index is 2.74. The molecule has 0 spiro atoms. The van der Waals surface area contributed by atoms with Gasteiger partial charge in [-0.15, -0.1) is 0 Å². The average molecular weight is 189 g/mol. The van der Waals surface area contributed by atoms with Crippen LogP contribution in [-0.4, -0.2) is 5.78 Å². The largest absolute Gasteiger partial charge is 0.359 e. The molecule has 14 heavy (non-hydrogen) atoms. The lowest BCUT2D eigenvalue weighted by Gasteiger charge is -2.06. The lowest BCUT2D eigenvalue weighted by atomic mass is 10.2. The molecule has 0 aliphatic rings. The molecule has 0 fully saturated rings. The van der Waals surface area contributed by atoms with Gasteiger partial charge in [-0.3, -0.25) is 4.79 Å². The van der Waals surface area contributed by atoms with Crippen LogP contribution in [0.4, 0.5) is 5.69 Å². The molecule has 1 aromatic carbocycles. The van der Waals surface area contributed by atoms with Crippen LogP contribution < -0.4 is 5.32 Å². The SMILES string of the molecule is CC(=O)C=C(C)Nc1cccc(C)c1. The molecule has 0 saturated carbocycles. The van der Waals surface area contributed by atoms with Crippen molar-refractivity contribution in [2.75, 3.05) is 5.32 Å². The standard InChI is InChI=1S/C12H15NO/c1-9-5-4-6-12(7-9)13-10(2)8-11(3)14/h4-8,13H,1-3H3. The first-order valence-electron chi connectivity index (χ1n) is 4.60. The van der Waals surface area contributed by atoms with Crippen LogP contribution in [0.5, 0.6) is 0 Å². The lowest BCUT2D eigenvalue weighted by molar-refractivity contribution is -0.112. The molecule has 0 aliphatic heterocycles. The van der Waals surface area contributed by atoms with E-state index in [1.807, 2.05) is 38.1 Å². The Morgan fingerprint density at radius 1 is 1.36 bits per heavy atom. The van der Waals surface area contributed by atoms with E-state index in [2.05, 4.69) is 5.32 Å². The van der Waals surface area contributed by atoms with Crippen LogP contribution in [0.3, 0.4) is 0 Å². The molecule has 74 valence electrons. The Morgan fingerprint density at radius 3 is 2.64 bits per heavy atom. The summed E-state index contributed by atoms with van der Waals surface area (Å²) in [6, 6.07) is 8.04. The normalized spacial score (nSPS) is 11.2. The van der Waals surface area contributed by atoms with Crippen molar-refractivity contribution in [1.82, 2.24) is 0 Å². The number of benzene rings is 1. The summed E-state index contributed by atoms with van der Waals surface area (Å²) in [5.74, 6) is 0.0580. The molecule has 0 bridgehead atoms. The molecular weight excluding hydrogens is 174 g/mol. The highest BCUT2D eigenvalue weighted by Gasteiger charge is 1.94. The molecular formula is C12H15NO. The zero-order valence-electron chi connectivity index (χ0n) is 8.79.